The van der Waals surface area contributed by atoms with Crippen molar-refractivity contribution in [1.82, 2.24) is 21.3 Å². The average molecular weight is 1140 g/mol. The number of halogens is 6. The minimum Gasteiger partial charge on any atom is -0.457 e. The smallest absolute Gasteiger partial charge is 0.418 e. The van der Waals surface area contributed by atoms with Crippen LogP contribution in [0.25, 0.3) is 0 Å². The standard InChI is InChI=1S/C50H69F6N7O10S2.C2H6/c1-45(2,3)70-41(65)58-19-13-14-30-26-31(15-18-37(30)69-32-16-17-35(33(27-32)49(51,52)53)57-20-21-59-42(66)71-46(4,5)6)62-40(64)63-36-28-34(50(54,55)56)38(74-24-22-60-43(67)72-47(7,8)9)29-39(36)75-25-23-61-44(68)73-48(10,11)12;1-2/h15-18,26-29,57H,13-14,19-25H2,1-12H3,(H,58,65)(H,59,66)(H,60,67)(H,61,68)(H2,62,63,64);1-2H3. The molecular weight excluding hydrogens is 1060 g/mol. The molecule has 0 unspecified atom stereocenters. The van der Waals surface area contributed by atoms with Crippen LogP contribution < -0.4 is 42.0 Å². The summed E-state index contributed by atoms with van der Waals surface area (Å²) in [4.78, 5) is 62.5. The molecule has 0 aliphatic carbocycles. The Kier molecular flexibility index (Phi) is 25.7. The SMILES string of the molecule is CC.CC(C)(C)OC(=O)NCCCc1cc(NC(=O)Nc2cc(C(F)(F)F)c(SCCNC(=O)OC(C)(C)C)cc2SCCNC(=O)OC(C)(C)C)ccc1Oc1ccc(NCCNC(=O)OC(C)(C)C)c(C(F)(F)F)c1. The van der Waals surface area contributed by atoms with E-state index in [1.165, 1.54) is 36.4 Å². The molecule has 7 N–H and O–H groups in total. The Balaban J connectivity index is 0.0000100. The molecule has 0 saturated heterocycles. The number of amides is 6. The number of hydrogen-bond donors (Lipinski definition) is 7. The quantitative estimate of drug-likeness (QED) is 0.0243. The number of carbonyl (C=O) groups is 5. The van der Waals surface area contributed by atoms with Gasteiger partial charge in [-0.25, -0.2) is 24.0 Å². The highest BCUT2D eigenvalue weighted by atomic mass is 32.2. The van der Waals surface area contributed by atoms with Gasteiger partial charge in [-0.05, 0) is 150 Å². The Morgan fingerprint density at radius 1 is 0.494 bits per heavy atom. The van der Waals surface area contributed by atoms with E-state index in [9.17, 15) is 50.3 Å². The maximum absolute atomic E-state index is 14.7. The largest absolute Gasteiger partial charge is 0.457 e. The van der Waals surface area contributed by atoms with Crippen LogP contribution in [0.2, 0.25) is 0 Å². The molecule has 0 saturated carbocycles. The third-order valence-electron chi connectivity index (χ3n) is 8.93. The summed E-state index contributed by atoms with van der Waals surface area (Å²) in [6.07, 6.45) is -12.2. The number of carbonyl (C=O) groups excluding carboxylic acids is 5. The molecule has 25 heteroatoms. The molecular formula is C52H75F6N7O10S2. The van der Waals surface area contributed by atoms with Crippen LogP contribution in [0, 0.1) is 0 Å². The molecule has 0 heterocycles. The van der Waals surface area contributed by atoms with Gasteiger partial charge in [0.1, 0.15) is 33.9 Å². The minimum absolute atomic E-state index is 0.0155. The van der Waals surface area contributed by atoms with Crippen molar-refractivity contribution in [3.8, 4) is 11.5 Å². The molecule has 0 aliphatic heterocycles. The maximum atomic E-state index is 14.7. The predicted octanol–water partition coefficient (Wildman–Crippen LogP) is 13.8. The van der Waals surface area contributed by atoms with Crippen LogP contribution in [-0.4, -0.2) is 97.0 Å². The summed E-state index contributed by atoms with van der Waals surface area (Å²) in [6.45, 7) is 24.1. The number of benzene rings is 3. The first-order chi connectivity index (χ1) is 35.5. The number of alkyl carbamates (subject to hydrolysis) is 4. The number of alkyl halides is 6. The fourth-order valence-corrected chi connectivity index (χ4v) is 8.10. The second-order valence-electron chi connectivity index (χ2n) is 20.5. The van der Waals surface area contributed by atoms with E-state index in [-0.39, 0.29) is 95.4 Å². The summed E-state index contributed by atoms with van der Waals surface area (Å²) in [7, 11) is 0. The summed E-state index contributed by atoms with van der Waals surface area (Å²) in [6, 6.07) is 8.55. The second kappa shape index (κ2) is 29.6. The normalized spacial score (nSPS) is 11.9. The molecule has 0 fully saturated rings. The third kappa shape index (κ3) is 27.7. The first-order valence-corrected chi connectivity index (χ1v) is 26.7. The van der Waals surface area contributed by atoms with E-state index in [1.54, 1.807) is 83.1 Å². The van der Waals surface area contributed by atoms with Gasteiger partial charge in [0.25, 0.3) is 0 Å². The molecule has 17 nitrogen and oxygen atoms in total. The zero-order valence-electron chi connectivity index (χ0n) is 46.1. The van der Waals surface area contributed by atoms with Gasteiger partial charge in [-0.2, -0.15) is 26.3 Å². The molecule has 0 aliphatic rings. The van der Waals surface area contributed by atoms with E-state index in [0.29, 0.717) is 5.56 Å². The van der Waals surface area contributed by atoms with Crippen LogP contribution in [-0.2, 0) is 37.7 Å². The Morgan fingerprint density at radius 3 is 1.44 bits per heavy atom. The number of rotatable bonds is 20. The Morgan fingerprint density at radius 2 is 0.961 bits per heavy atom. The van der Waals surface area contributed by atoms with Crippen molar-refractivity contribution < 1.29 is 74.0 Å². The fourth-order valence-electron chi connectivity index (χ4n) is 6.17. The second-order valence-corrected chi connectivity index (χ2v) is 22.8. The lowest BCUT2D eigenvalue weighted by Gasteiger charge is -2.21. The van der Waals surface area contributed by atoms with Gasteiger partial charge in [-0.3, -0.25) is 0 Å². The number of hydrogen-bond acceptors (Lipinski definition) is 13. The molecule has 3 rings (SSSR count). The zero-order chi connectivity index (χ0) is 58.6. The van der Waals surface area contributed by atoms with E-state index in [0.717, 1.165) is 35.7 Å². The van der Waals surface area contributed by atoms with Gasteiger partial charge in [-0.1, -0.05) is 13.8 Å². The van der Waals surface area contributed by atoms with E-state index in [4.69, 9.17) is 23.7 Å². The lowest BCUT2D eigenvalue weighted by atomic mass is 10.1. The van der Waals surface area contributed by atoms with Gasteiger partial charge in [0.05, 0.1) is 16.8 Å². The molecule has 3 aromatic rings. The highest BCUT2D eigenvalue weighted by molar-refractivity contribution is 8.00. The van der Waals surface area contributed by atoms with Gasteiger partial charge in [0.15, 0.2) is 0 Å². The zero-order valence-corrected chi connectivity index (χ0v) is 47.8. The van der Waals surface area contributed by atoms with Gasteiger partial charge >= 0.3 is 42.8 Å². The lowest BCUT2D eigenvalue weighted by Crippen LogP contribution is -2.35. The average Bonchev–Trinajstić information content (AvgIpc) is 3.26. The topological polar surface area (TPSA) is 216 Å². The molecule has 77 heavy (non-hydrogen) atoms. The molecule has 0 atom stereocenters. The molecule has 0 spiro atoms. The van der Waals surface area contributed by atoms with E-state index in [2.05, 4.69) is 37.2 Å². The highest BCUT2D eigenvalue weighted by Gasteiger charge is 2.36. The molecule has 3 aromatic carbocycles. The number of anilines is 3. The Bertz CT molecular complexity index is 2440. The molecule has 0 aromatic heterocycles. The van der Waals surface area contributed by atoms with Crippen molar-refractivity contribution in [2.75, 3.05) is 60.2 Å². The van der Waals surface area contributed by atoms with Crippen LogP contribution in [0.1, 0.15) is 120 Å². The van der Waals surface area contributed by atoms with Gasteiger partial charge in [-0.15, -0.1) is 23.5 Å². The molecule has 0 bridgehead atoms. The number of aryl methyl sites for hydroxylation is 1. The summed E-state index contributed by atoms with van der Waals surface area (Å²) in [5.74, 6) is 0.0212. The van der Waals surface area contributed by atoms with Crippen molar-refractivity contribution in [3.63, 3.8) is 0 Å². The monoisotopic (exact) mass is 1140 g/mol. The summed E-state index contributed by atoms with van der Waals surface area (Å²) in [5.41, 5.74) is -5.33. The van der Waals surface area contributed by atoms with Crippen LogP contribution >= 0.6 is 23.5 Å². The van der Waals surface area contributed by atoms with E-state index >= 15 is 0 Å². The minimum atomic E-state index is -4.89. The van der Waals surface area contributed by atoms with Gasteiger partial charge < -0.3 is 60.9 Å². The van der Waals surface area contributed by atoms with Crippen LogP contribution in [0.3, 0.4) is 0 Å². The van der Waals surface area contributed by atoms with Crippen molar-refractivity contribution >= 4 is 71.0 Å². The molecule has 6 amide bonds. The third-order valence-corrected chi connectivity index (χ3v) is 11.0. The summed E-state index contributed by atoms with van der Waals surface area (Å²) in [5, 5.41) is 18.0. The van der Waals surface area contributed by atoms with Gasteiger partial charge in [0.2, 0.25) is 0 Å². The maximum Gasteiger partial charge on any atom is 0.418 e. The van der Waals surface area contributed by atoms with Crippen LogP contribution in [0.4, 0.5) is 67.4 Å². The van der Waals surface area contributed by atoms with E-state index < -0.39 is 76.3 Å². The van der Waals surface area contributed by atoms with Crippen LogP contribution in [0.5, 0.6) is 11.5 Å². The number of nitrogens with one attached hydrogen (secondary N) is 7. The van der Waals surface area contributed by atoms with E-state index in [1.807, 2.05) is 13.8 Å². The first-order valence-electron chi connectivity index (χ1n) is 24.7. The van der Waals surface area contributed by atoms with Crippen molar-refractivity contribution in [1.29, 1.82) is 0 Å². The Hall–Kier alpha value is -6.11. The lowest BCUT2D eigenvalue weighted by molar-refractivity contribution is -0.140. The summed E-state index contributed by atoms with van der Waals surface area (Å²) < 4.78 is 114. The predicted molar refractivity (Wildman–Crippen MR) is 289 cm³/mol. The van der Waals surface area contributed by atoms with Crippen molar-refractivity contribution in [2.45, 2.75) is 154 Å². The van der Waals surface area contributed by atoms with Crippen LogP contribution in [0.15, 0.2) is 58.3 Å². The number of urea groups is 1. The van der Waals surface area contributed by atoms with Gasteiger partial charge in [0, 0.05) is 65.4 Å². The number of ether oxygens (including phenoxy) is 5. The first kappa shape index (κ1) is 67.0. The van der Waals surface area contributed by atoms with Crippen molar-refractivity contribution in [2.24, 2.45) is 0 Å². The summed E-state index contributed by atoms with van der Waals surface area (Å²) >= 11 is 1.85. The molecule has 0 radical (unpaired) electrons. The fraction of sp³-hybridized carbons (Fsp3) is 0.558. The number of thioether (sulfide) groups is 2. The molecule has 432 valence electrons. The highest BCUT2D eigenvalue weighted by Crippen LogP contribution is 2.43. The Labute approximate surface area is 455 Å². The van der Waals surface area contributed by atoms with Crippen molar-refractivity contribution in [3.05, 3.63) is 65.2 Å².